The van der Waals surface area contributed by atoms with Crippen LogP contribution in [-0.2, 0) is 14.3 Å². The first-order valence-electron chi connectivity index (χ1n) is 7.94. The van der Waals surface area contributed by atoms with Gasteiger partial charge < -0.3 is 21.1 Å². The first-order chi connectivity index (χ1) is 12.1. The molecule has 4 N–H and O–H groups in total. The lowest BCUT2D eigenvalue weighted by Gasteiger charge is -2.14. The molecule has 2 amide bonds. The number of aliphatic imine (C=N–C) groups is 1. The maximum absolute atomic E-state index is 11.9. The van der Waals surface area contributed by atoms with E-state index in [1.165, 1.54) is 24.9 Å². The van der Waals surface area contributed by atoms with Crippen molar-refractivity contribution in [1.82, 2.24) is 5.32 Å². The number of rotatable bonds is 6. The summed E-state index contributed by atoms with van der Waals surface area (Å²) in [6.07, 6.45) is 5.54. The van der Waals surface area contributed by atoms with Gasteiger partial charge in [-0.1, -0.05) is 18.2 Å². The predicted octanol–water partition coefficient (Wildman–Crippen LogP) is 1.09. The number of anilines is 1. The smallest absolute Gasteiger partial charge is 0.269 e. The van der Waals surface area contributed by atoms with Crippen molar-refractivity contribution in [3.8, 4) is 0 Å². The molecule has 0 atom stereocenters. The number of benzene rings is 1. The molecule has 7 nitrogen and oxygen atoms in total. The van der Waals surface area contributed by atoms with Gasteiger partial charge >= 0.3 is 0 Å². The van der Waals surface area contributed by atoms with Crippen LogP contribution in [0.25, 0.3) is 5.57 Å². The molecule has 7 heteroatoms. The van der Waals surface area contributed by atoms with Gasteiger partial charge in [0.2, 0.25) is 5.91 Å². The van der Waals surface area contributed by atoms with Gasteiger partial charge in [0, 0.05) is 12.7 Å². The maximum atomic E-state index is 11.9. The standard InChI is InChI=1S/C18H22N4O3/c1-20-16(6-9-19)18(24)21-12-17(23)22-15-4-2-13(3-5-15)14-7-10-25-11-8-14/h2-7,9H,8,10-12,19H2,1H3,(H,21,24)(H,22,23)/b9-6-,20-16?. The number of ether oxygens (including phenoxy) is 1. The molecule has 0 bridgehead atoms. The van der Waals surface area contributed by atoms with E-state index < -0.39 is 5.91 Å². The molecule has 0 saturated carbocycles. The Morgan fingerprint density at radius 3 is 2.68 bits per heavy atom. The van der Waals surface area contributed by atoms with Crippen LogP contribution in [-0.4, -0.2) is 44.3 Å². The van der Waals surface area contributed by atoms with Crippen LogP contribution in [0.15, 0.2) is 47.6 Å². The van der Waals surface area contributed by atoms with Crippen LogP contribution >= 0.6 is 0 Å². The normalized spacial score (nSPS) is 14.9. The van der Waals surface area contributed by atoms with Crippen molar-refractivity contribution in [3.63, 3.8) is 0 Å². The number of hydrogen-bond acceptors (Lipinski definition) is 5. The summed E-state index contributed by atoms with van der Waals surface area (Å²) in [5, 5.41) is 5.23. The molecule has 0 aliphatic carbocycles. The van der Waals surface area contributed by atoms with Crippen LogP contribution in [0, 0.1) is 0 Å². The van der Waals surface area contributed by atoms with Gasteiger partial charge in [-0.15, -0.1) is 0 Å². The highest BCUT2D eigenvalue weighted by Gasteiger charge is 2.10. The molecular weight excluding hydrogens is 320 g/mol. The molecule has 1 aliphatic heterocycles. The number of amides is 2. The SMILES string of the molecule is CN=C(/C=C\N)C(=O)NCC(=O)Nc1ccc(C2=CCOCC2)cc1. The van der Waals surface area contributed by atoms with Crippen molar-refractivity contribution in [1.29, 1.82) is 0 Å². The maximum Gasteiger partial charge on any atom is 0.269 e. The first kappa shape index (κ1) is 18.4. The molecule has 0 unspecified atom stereocenters. The molecule has 1 aliphatic rings. The molecule has 0 aromatic heterocycles. The molecule has 1 heterocycles. The summed E-state index contributed by atoms with van der Waals surface area (Å²) in [5.41, 5.74) is 8.42. The van der Waals surface area contributed by atoms with E-state index in [-0.39, 0.29) is 18.2 Å². The largest absolute Gasteiger partial charge is 0.405 e. The second-order valence-electron chi connectivity index (χ2n) is 5.33. The number of nitrogens with one attached hydrogen (secondary N) is 2. The lowest BCUT2D eigenvalue weighted by molar-refractivity contribution is -0.120. The van der Waals surface area contributed by atoms with Gasteiger partial charge in [0.25, 0.3) is 5.91 Å². The molecule has 25 heavy (non-hydrogen) atoms. The highest BCUT2D eigenvalue weighted by atomic mass is 16.5. The molecule has 0 radical (unpaired) electrons. The van der Waals surface area contributed by atoms with Gasteiger partial charge in [0.1, 0.15) is 5.71 Å². The second kappa shape index (κ2) is 9.39. The summed E-state index contributed by atoms with van der Waals surface area (Å²) in [7, 11) is 1.48. The number of hydrogen-bond donors (Lipinski definition) is 3. The Hall–Kier alpha value is -2.93. The summed E-state index contributed by atoms with van der Waals surface area (Å²) in [6, 6.07) is 7.58. The Labute approximate surface area is 146 Å². The number of nitrogens with two attached hydrogens (primary N) is 1. The second-order valence-corrected chi connectivity index (χ2v) is 5.33. The lowest BCUT2D eigenvalue weighted by Crippen LogP contribution is -2.36. The van der Waals surface area contributed by atoms with Gasteiger partial charge in [-0.2, -0.15) is 0 Å². The summed E-state index contributed by atoms with van der Waals surface area (Å²) in [4.78, 5) is 27.5. The van der Waals surface area contributed by atoms with Gasteiger partial charge in [-0.05, 0) is 42.0 Å². The molecule has 1 aromatic carbocycles. The molecule has 2 rings (SSSR count). The lowest BCUT2D eigenvalue weighted by atomic mass is 10.0. The van der Waals surface area contributed by atoms with Crippen molar-refractivity contribution in [2.75, 3.05) is 32.1 Å². The van der Waals surface area contributed by atoms with Crippen LogP contribution < -0.4 is 16.4 Å². The Morgan fingerprint density at radius 1 is 1.32 bits per heavy atom. The summed E-state index contributed by atoms with van der Waals surface area (Å²) in [6.45, 7) is 1.21. The predicted molar refractivity (Wildman–Crippen MR) is 98.2 cm³/mol. The van der Waals surface area contributed by atoms with E-state index in [0.717, 1.165) is 18.6 Å². The van der Waals surface area contributed by atoms with E-state index >= 15 is 0 Å². The van der Waals surface area contributed by atoms with E-state index in [2.05, 4.69) is 21.7 Å². The summed E-state index contributed by atoms with van der Waals surface area (Å²) >= 11 is 0. The Morgan fingerprint density at radius 2 is 2.08 bits per heavy atom. The minimum absolute atomic E-state index is 0.152. The quantitative estimate of drug-likeness (QED) is 0.673. The topological polar surface area (TPSA) is 106 Å². The zero-order valence-electron chi connectivity index (χ0n) is 14.1. The first-order valence-corrected chi connectivity index (χ1v) is 7.94. The molecule has 132 valence electrons. The van der Waals surface area contributed by atoms with Crippen molar-refractivity contribution < 1.29 is 14.3 Å². The van der Waals surface area contributed by atoms with E-state index in [1.54, 1.807) is 0 Å². The van der Waals surface area contributed by atoms with Crippen molar-refractivity contribution in [2.24, 2.45) is 10.7 Å². The van der Waals surface area contributed by atoms with Crippen LogP contribution in [0.1, 0.15) is 12.0 Å². The average Bonchev–Trinajstić information content (AvgIpc) is 2.65. The summed E-state index contributed by atoms with van der Waals surface area (Å²) in [5.74, 6) is -0.778. The third kappa shape index (κ3) is 5.58. The van der Waals surface area contributed by atoms with Gasteiger partial charge in [-0.3, -0.25) is 14.6 Å². The number of carbonyl (C=O) groups is 2. The third-order valence-electron chi connectivity index (χ3n) is 3.64. The van der Waals surface area contributed by atoms with Crippen LogP contribution in [0.4, 0.5) is 5.69 Å². The Bertz CT molecular complexity index is 706. The fraction of sp³-hybridized carbons (Fsp3) is 0.278. The number of carbonyl (C=O) groups excluding carboxylic acids is 2. The minimum Gasteiger partial charge on any atom is -0.405 e. The molecular formula is C18H22N4O3. The van der Waals surface area contributed by atoms with Crippen molar-refractivity contribution in [3.05, 3.63) is 48.2 Å². The highest BCUT2D eigenvalue weighted by molar-refractivity contribution is 6.43. The van der Waals surface area contributed by atoms with E-state index in [0.29, 0.717) is 12.3 Å². The van der Waals surface area contributed by atoms with E-state index in [1.807, 2.05) is 24.3 Å². The van der Waals surface area contributed by atoms with E-state index in [4.69, 9.17) is 10.5 Å². The summed E-state index contributed by atoms with van der Waals surface area (Å²) < 4.78 is 5.30. The third-order valence-corrected chi connectivity index (χ3v) is 3.64. The van der Waals surface area contributed by atoms with Gasteiger partial charge in [0.15, 0.2) is 0 Å². The van der Waals surface area contributed by atoms with Crippen molar-refractivity contribution in [2.45, 2.75) is 6.42 Å². The molecule has 0 spiro atoms. The fourth-order valence-corrected chi connectivity index (χ4v) is 2.36. The van der Waals surface area contributed by atoms with Crippen LogP contribution in [0.2, 0.25) is 0 Å². The van der Waals surface area contributed by atoms with E-state index in [9.17, 15) is 9.59 Å². The van der Waals surface area contributed by atoms with Gasteiger partial charge in [0.05, 0.1) is 19.8 Å². The van der Waals surface area contributed by atoms with Crippen molar-refractivity contribution >= 4 is 28.8 Å². The monoisotopic (exact) mass is 342 g/mol. The molecule has 0 fully saturated rings. The van der Waals surface area contributed by atoms with Gasteiger partial charge in [-0.25, -0.2) is 0 Å². The van der Waals surface area contributed by atoms with Crippen LogP contribution in [0.3, 0.4) is 0 Å². The highest BCUT2D eigenvalue weighted by Crippen LogP contribution is 2.22. The fourth-order valence-electron chi connectivity index (χ4n) is 2.36. The zero-order chi connectivity index (χ0) is 18.1. The zero-order valence-corrected chi connectivity index (χ0v) is 14.1. The Balaban J connectivity index is 1.86. The molecule has 1 aromatic rings. The van der Waals surface area contributed by atoms with Crippen LogP contribution in [0.5, 0.6) is 0 Å². The number of nitrogens with zero attached hydrogens (tertiary/aromatic N) is 1. The molecule has 0 saturated heterocycles. The minimum atomic E-state index is -0.457. The average molecular weight is 342 g/mol. The Kier molecular flexibility index (Phi) is 6.91.